The van der Waals surface area contributed by atoms with E-state index in [1.165, 1.54) is 0 Å². The fraction of sp³-hybridized carbons (Fsp3) is 0.143. The topological polar surface area (TPSA) is 41.6 Å². The predicted molar refractivity (Wildman–Crippen MR) is 67.0 cm³/mol. The molecule has 3 nitrogen and oxygen atoms in total. The van der Waals surface area contributed by atoms with Crippen LogP contribution in [0.3, 0.4) is 0 Å². The van der Waals surface area contributed by atoms with E-state index < -0.39 is 0 Å². The number of nitriles is 1. The quantitative estimate of drug-likeness (QED) is 0.802. The van der Waals surface area contributed by atoms with Gasteiger partial charge >= 0.3 is 0 Å². The lowest BCUT2D eigenvalue weighted by atomic mass is 10.0. The van der Waals surface area contributed by atoms with Crippen LogP contribution in [-0.4, -0.2) is 9.78 Å². The van der Waals surface area contributed by atoms with E-state index in [4.69, 9.17) is 5.26 Å². The zero-order valence-corrected chi connectivity index (χ0v) is 9.67. The molecule has 2 rings (SSSR count). The first-order valence-corrected chi connectivity index (χ1v) is 5.46. The number of allylic oxidation sites excluding steroid dienone is 2. The molecule has 0 amide bonds. The molecule has 0 unspecified atom stereocenters. The monoisotopic (exact) mass is 223 g/mol. The first-order valence-electron chi connectivity index (χ1n) is 5.46. The van der Waals surface area contributed by atoms with Crippen molar-refractivity contribution in [2.24, 2.45) is 0 Å². The molecule has 0 aliphatic rings. The smallest absolute Gasteiger partial charge is 0.0991 e. The number of nitrogens with zero attached hydrogens (tertiary/aromatic N) is 3. The second-order valence-corrected chi connectivity index (χ2v) is 3.71. The van der Waals surface area contributed by atoms with Gasteiger partial charge in [-0.2, -0.15) is 10.4 Å². The highest BCUT2D eigenvalue weighted by molar-refractivity contribution is 5.66. The van der Waals surface area contributed by atoms with Gasteiger partial charge in [0.1, 0.15) is 0 Å². The molecule has 84 valence electrons. The van der Waals surface area contributed by atoms with Crippen molar-refractivity contribution in [3.63, 3.8) is 0 Å². The molecule has 0 bridgehead atoms. The van der Waals surface area contributed by atoms with Gasteiger partial charge in [-0.1, -0.05) is 18.2 Å². The molecule has 2 aromatic rings. The molecule has 0 N–H and O–H groups in total. The van der Waals surface area contributed by atoms with Gasteiger partial charge in [-0.25, -0.2) is 0 Å². The van der Waals surface area contributed by atoms with E-state index in [1.807, 2.05) is 48.1 Å². The Bertz CT molecular complexity index is 559. The molecule has 0 aliphatic carbocycles. The summed E-state index contributed by atoms with van der Waals surface area (Å²) in [6.07, 6.45) is 5.74. The third-order valence-electron chi connectivity index (χ3n) is 2.60. The van der Waals surface area contributed by atoms with Gasteiger partial charge < -0.3 is 0 Å². The molecule has 0 fully saturated rings. The first kappa shape index (κ1) is 11.2. The highest BCUT2D eigenvalue weighted by Gasteiger charge is 2.03. The average molecular weight is 223 g/mol. The van der Waals surface area contributed by atoms with Crippen molar-refractivity contribution in [3.8, 4) is 6.07 Å². The molecule has 0 atom stereocenters. The summed E-state index contributed by atoms with van der Waals surface area (Å²) in [5, 5.41) is 13.1. The van der Waals surface area contributed by atoms with E-state index in [0.29, 0.717) is 5.56 Å². The van der Waals surface area contributed by atoms with Crippen molar-refractivity contribution in [1.29, 1.82) is 5.26 Å². The Kier molecular flexibility index (Phi) is 3.37. The van der Waals surface area contributed by atoms with Crippen LogP contribution in [0.25, 0.3) is 5.57 Å². The molecule has 0 saturated carbocycles. The Morgan fingerprint density at radius 1 is 1.47 bits per heavy atom. The zero-order chi connectivity index (χ0) is 12.1. The Hall–Kier alpha value is -2.34. The van der Waals surface area contributed by atoms with Gasteiger partial charge in [0.25, 0.3) is 0 Å². The number of benzene rings is 1. The predicted octanol–water partition coefficient (Wildman–Crippen LogP) is 2.86. The van der Waals surface area contributed by atoms with E-state index in [1.54, 1.807) is 6.20 Å². The largest absolute Gasteiger partial charge is 0.268 e. The highest BCUT2D eigenvalue weighted by atomic mass is 15.3. The second-order valence-electron chi connectivity index (χ2n) is 3.71. The normalized spacial score (nSPS) is 11.2. The minimum atomic E-state index is 0.683. The van der Waals surface area contributed by atoms with Crippen LogP contribution in [0, 0.1) is 11.3 Å². The van der Waals surface area contributed by atoms with Crippen LogP contribution in [0.15, 0.2) is 48.8 Å². The Morgan fingerprint density at radius 2 is 2.35 bits per heavy atom. The molecule has 0 radical (unpaired) electrons. The summed E-state index contributed by atoms with van der Waals surface area (Å²) in [4.78, 5) is 0. The van der Waals surface area contributed by atoms with E-state index in [-0.39, 0.29) is 0 Å². The summed E-state index contributed by atoms with van der Waals surface area (Å²) < 4.78 is 1.87. The molecule has 1 aromatic heterocycles. The van der Waals surface area contributed by atoms with Crippen LogP contribution in [0.1, 0.15) is 18.1 Å². The first-order chi connectivity index (χ1) is 8.33. The summed E-state index contributed by atoms with van der Waals surface area (Å²) in [5.41, 5.74) is 2.91. The van der Waals surface area contributed by atoms with Crippen molar-refractivity contribution in [3.05, 3.63) is 59.9 Å². The van der Waals surface area contributed by atoms with Crippen LogP contribution >= 0.6 is 0 Å². The van der Waals surface area contributed by atoms with Crippen LogP contribution in [-0.2, 0) is 6.54 Å². The minimum Gasteiger partial charge on any atom is -0.268 e. The number of hydrogen-bond acceptors (Lipinski definition) is 2. The lowest BCUT2D eigenvalue weighted by Gasteiger charge is -2.08. The molecule has 0 spiro atoms. The lowest BCUT2D eigenvalue weighted by Crippen LogP contribution is -2.01. The summed E-state index contributed by atoms with van der Waals surface area (Å²) in [7, 11) is 0. The van der Waals surface area contributed by atoms with Crippen LogP contribution < -0.4 is 0 Å². The third kappa shape index (κ3) is 2.61. The van der Waals surface area contributed by atoms with Gasteiger partial charge in [0.15, 0.2) is 0 Å². The third-order valence-corrected chi connectivity index (χ3v) is 2.60. The highest BCUT2D eigenvalue weighted by Crippen LogP contribution is 2.17. The Balaban J connectivity index is 2.27. The summed E-state index contributed by atoms with van der Waals surface area (Å²) in [6, 6.07) is 11.7. The van der Waals surface area contributed by atoms with E-state index in [9.17, 15) is 0 Å². The number of rotatable bonds is 3. The van der Waals surface area contributed by atoms with Gasteiger partial charge in [0, 0.05) is 12.4 Å². The maximum Gasteiger partial charge on any atom is 0.0991 e. The molecule has 0 aliphatic heterocycles. The second kappa shape index (κ2) is 5.13. The van der Waals surface area contributed by atoms with Crippen LogP contribution in [0.5, 0.6) is 0 Å². The van der Waals surface area contributed by atoms with Gasteiger partial charge in [-0.3, -0.25) is 4.68 Å². The van der Waals surface area contributed by atoms with E-state index in [0.717, 1.165) is 17.7 Å². The maximum absolute atomic E-state index is 8.89. The van der Waals surface area contributed by atoms with Gasteiger partial charge in [-0.15, -0.1) is 0 Å². The van der Waals surface area contributed by atoms with Crippen molar-refractivity contribution in [2.75, 3.05) is 0 Å². The van der Waals surface area contributed by atoms with Gasteiger partial charge in [-0.05, 0) is 36.3 Å². The average Bonchev–Trinajstić information content (AvgIpc) is 2.89. The van der Waals surface area contributed by atoms with E-state index >= 15 is 0 Å². The molecule has 3 heteroatoms. The molecular formula is C14H13N3. The fourth-order valence-corrected chi connectivity index (χ4v) is 1.71. The van der Waals surface area contributed by atoms with E-state index in [2.05, 4.69) is 17.2 Å². The fourth-order valence-electron chi connectivity index (χ4n) is 1.71. The minimum absolute atomic E-state index is 0.683. The Labute approximate surface area is 101 Å². The molecule has 1 heterocycles. The van der Waals surface area contributed by atoms with Gasteiger partial charge in [0.05, 0.1) is 18.2 Å². The van der Waals surface area contributed by atoms with Crippen molar-refractivity contribution in [1.82, 2.24) is 9.78 Å². The molecule has 0 saturated heterocycles. The maximum atomic E-state index is 8.89. The molecule has 1 aromatic carbocycles. The van der Waals surface area contributed by atoms with Crippen molar-refractivity contribution < 1.29 is 0 Å². The SMILES string of the molecule is C/C=C(/Cn1cccn1)c1cccc(C#N)c1. The Morgan fingerprint density at radius 3 is 3.00 bits per heavy atom. The van der Waals surface area contributed by atoms with Crippen LogP contribution in [0.4, 0.5) is 0 Å². The lowest BCUT2D eigenvalue weighted by molar-refractivity contribution is 0.712. The number of hydrogen-bond donors (Lipinski definition) is 0. The van der Waals surface area contributed by atoms with Crippen molar-refractivity contribution in [2.45, 2.75) is 13.5 Å². The number of aromatic nitrogens is 2. The molecular weight excluding hydrogens is 210 g/mol. The standard InChI is InChI=1S/C14H13N3/c1-2-13(11-17-8-4-7-16-17)14-6-3-5-12(9-14)10-15/h2-9H,11H2,1H3/b13-2-. The zero-order valence-electron chi connectivity index (χ0n) is 9.67. The summed E-state index contributed by atoms with van der Waals surface area (Å²) in [6.45, 7) is 2.72. The van der Waals surface area contributed by atoms with Crippen LogP contribution in [0.2, 0.25) is 0 Å². The molecule has 17 heavy (non-hydrogen) atoms. The summed E-state index contributed by atoms with van der Waals surface area (Å²) in [5.74, 6) is 0. The van der Waals surface area contributed by atoms with Crippen molar-refractivity contribution >= 4 is 5.57 Å². The van der Waals surface area contributed by atoms with Gasteiger partial charge in [0.2, 0.25) is 0 Å². The summed E-state index contributed by atoms with van der Waals surface area (Å²) >= 11 is 0.